The van der Waals surface area contributed by atoms with Crippen LogP contribution in [0.15, 0.2) is 54.6 Å². The van der Waals surface area contributed by atoms with Crippen LogP contribution in [0.4, 0.5) is 5.69 Å². The summed E-state index contributed by atoms with van der Waals surface area (Å²) in [7, 11) is 0. The Balaban J connectivity index is 1.81. The van der Waals surface area contributed by atoms with Crippen molar-refractivity contribution in [2.24, 2.45) is 0 Å². The van der Waals surface area contributed by atoms with Crippen molar-refractivity contribution in [2.75, 3.05) is 5.32 Å². The standard InChI is InChI=1S/C22H15NO6/c1-11(24)23-12-2-5-16-15(8-12)21(27)29-22(16)17-6-3-13(25)9-19(17)28-20-10-14(26)4-7-18(20)22/h2-10,25-26H,1H3,(H,23,24). The maximum Gasteiger partial charge on any atom is 0.340 e. The van der Waals surface area contributed by atoms with Gasteiger partial charge in [-0.1, -0.05) is 6.07 Å². The molecular formula is C22H15NO6. The van der Waals surface area contributed by atoms with E-state index in [4.69, 9.17) is 9.47 Å². The number of ether oxygens (including phenoxy) is 2. The van der Waals surface area contributed by atoms with E-state index in [0.717, 1.165) is 0 Å². The topological polar surface area (TPSA) is 105 Å². The lowest BCUT2D eigenvalue weighted by molar-refractivity contribution is -0.114. The lowest BCUT2D eigenvalue weighted by Crippen LogP contribution is -2.32. The molecule has 29 heavy (non-hydrogen) atoms. The third-order valence-electron chi connectivity index (χ3n) is 5.09. The van der Waals surface area contributed by atoms with Gasteiger partial charge in [-0.2, -0.15) is 0 Å². The van der Waals surface area contributed by atoms with E-state index in [1.807, 2.05) is 0 Å². The molecule has 5 rings (SSSR count). The van der Waals surface area contributed by atoms with Gasteiger partial charge in [0.05, 0.1) is 5.56 Å². The lowest BCUT2D eigenvalue weighted by atomic mass is 9.77. The molecule has 0 radical (unpaired) electrons. The van der Waals surface area contributed by atoms with Crippen LogP contribution >= 0.6 is 0 Å². The number of phenolic OH excluding ortho intramolecular Hbond substituents is 2. The molecule has 0 fully saturated rings. The average Bonchev–Trinajstić information content (AvgIpc) is 2.93. The first-order valence-corrected chi connectivity index (χ1v) is 8.89. The van der Waals surface area contributed by atoms with Gasteiger partial charge in [0.25, 0.3) is 0 Å². The van der Waals surface area contributed by atoms with Crippen LogP contribution in [-0.2, 0) is 15.1 Å². The summed E-state index contributed by atoms with van der Waals surface area (Å²) in [6.45, 7) is 1.39. The van der Waals surface area contributed by atoms with Crippen molar-refractivity contribution in [1.29, 1.82) is 0 Å². The van der Waals surface area contributed by atoms with E-state index in [1.54, 1.807) is 30.3 Å². The maximum atomic E-state index is 12.9. The molecule has 3 N–H and O–H groups in total. The number of anilines is 1. The number of carbonyl (C=O) groups is 2. The molecule has 7 heteroatoms. The number of hydrogen-bond acceptors (Lipinski definition) is 6. The van der Waals surface area contributed by atoms with E-state index in [2.05, 4.69) is 5.32 Å². The molecule has 3 aromatic carbocycles. The van der Waals surface area contributed by atoms with Crippen LogP contribution in [0.3, 0.4) is 0 Å². The third-order valence-corrected chi connectivity index (χ3v) is 5.09. The molecule has 1 amide bonds. The van der Waals surface area contributed by atoms with E-state index >= 15 is 0 Å². The minimum absolute atomic E-state index is 0.00643. The average molecular weight is 389 g/mol. The normalized spacial score (nSPS) is 15.0. The molecule has 0 unspecified atom stereocenters. The number of fused-ring (bicyclic) bond motifs is 6. The Morgan fingerprint density at radius 1 is 0.897 bits per heavy atom. The van der Waals surface area contributed by atoms with Crippen LogP contribution in [0.2, 0.25) is 0 Å². The van der Waals surface area contributed by atoms with Crippen molar-refractivity contribution in [3.8, 4) is 23.0 Å². The highest BCUT2D eigenvalue weighted by molar-refractivity contribution is 5.99. The summed E-state index contributed by atoms with van der Waals surface area (Å²) >= 11 is 0. The SMILES string of the molecule is CC(=O)Nc1ccc2c(c1)C(=O)OC21c2ccc(O)cc2Oc2cc(O)ccc21. The summed E-state index contributed by atoms with van der Waals surface area (Å²) in [6.07, 6.45) is 0. The number of phenols is 2. The van der Waals surface area contributed by atoms with Gasteiger partial charge in [-0.3, -0.25) is 4.79 Å². The Morgan fingerprint density at radius 2 is 1.48 bits per heavy atom. The van der Waals surface area contributed by atoms with E-state index < -0.39 is 11.6 Å². The van der Waals surface area contributed by atoms with Gasteiger partial charge < -0.3 is 25.0 Å². The number of carbonyl (C=O) groups excluding carboxylic acids is 2. The van der Waals surface area contributed by atoms with Crippen LogP contribution in [0, 0.1) is 0 Å². The van der Waals surface area contributed by atoms with Gasteiger partial charge in [0, 0.05) is 41.4 Å². The second kappa shape index (κ2) is 5.75. The zero-order chi connectivity index (χ0) is 20.3. The van der Waals surface area contributed by atoms with Gasteiger partial charge in [0.1, 0.15) is 23.0 Å². The quantitative estimate of drug-likeness (QED) is 0.549. The largest absolute Gasteiger partial charge is 0.508 e. The van der Waals surface area contributed by atoms with E-state index in [9.17, 15) is 19.8 Å². The number of rotatable bonds is 1. The Bertz CT molecular complexity index is 1160. The molecule has 0 aliphatic carbocycles. The lowest BCUT2D eigenvalue weighted by Gasteiger charge is -2.36. The third kappa shape index (κ3) is 2.37. The van der Waals surface area contributed by atoms with Crippen molar-refractivity contribution < 1.29 is 29.3 Å². The number of esters is 1. The van der Waals surface area contributed by atoms with Gasteiger partial charge in [0.2, 0.25) is 5.91 Å². The predicted molar refractivity (Wildman–Crippen MR) is 102 cm³/mol. The highest BCUT2D eigenvalue weighted by Crippen LogP contribution is 2.57. The molecule has 2 heterocycles. The Kier molecular flexibility index (Phi) is 3.39. The van der Waals surface area contributed by atoms with Gasteiger partial charge in [-0.15, -0.1) is 0 Å². The van der Waals surface area contributed by atoms with Crippen LogP contribution in [0.25, 0.3) is 0 Å². The highest BCUT2D eigenvalue weighted by Gasteiger charge is 2.53. The van der Waals surface area contributed by atoms with Crippen molar-refractivity contribution in [3.63, 3.8) is 0 Å². The number of amides is 1. The van der Waals surface area contributed by atoms with Crippen LogP contribution in [0.1, 0.15) is 34.0 Å². The van der Waals surface area contributed by atoms with E-state index in [0.29, 0.717) is 39.4 Å². The summed E-state index contributed by atoms with van der Waals surface area (Å²) in [4.78, 5) is 24.2. The number of nitrogens with one attached hydrogen (secondary N) is 1. The molecule has 3 aromatic rings. The van der Waals surface area contributed by atoms with Gasteiger partial charge in [0.15, 0.2) is 5.60 Å². The minimum atomic E-state index is -1.30. The molecule has 2 aliphatic heterocycles. The fourth-order valence-corrected chi connectivity index (χ4v) is 3.99. The molecule has 0 saturated heterocycles. The summed E-state index contributed by atoms with van der Waals surface area (Å²) in [5.74, 6) is -0.184. The molecule has 0 saturated carbocycles. The minimum Gasteiger partial charge on any atom is -0.508 e. The predicted octanol–water partition coefficient (Wildman–Crippen LogP) is 3.62. The van der Waals surface area contributed by atoms with Gasteiger partial charge in [-0.05, 0) is 36.4 Å². The number of hydrogen-bond donors (Lipinski definition) is 3. The summed E-state index contributed by atoms with van der Waals surface area (Å²) in [6, 6.07) is 14.1. The first kappa shape index (κ1) is 17.1. The van der Waals surface area contributed by atoms with Gasteiger partial charge >= 0.3 is 5.97 Å². The fraction of sp³-hybridized carbons (Fsp3) is 0.0909. The Hall–Kier alpha value is -4.00. The number of aromatic hydroxyl groups is 2. The monoisotopic (exact) mass is 389 g/mol. The number of benzene rings is 3. The molecule has 1 spiro atoms. The van der Waals surface area contributed by atoms with E-state index in [-0.39, 0.29) is 17.4 Å². The van der Waals surface area contributed by atoms with Crippen LogP contribution in [-0.4, -0.2) is 22.1 Å². The molecule has 0 atom stereocenters. The smallest absolute Gasteiger partial charge is 0.340 e. The molecular weight excluding hydrogens is 374 g/mol. The van der Waals surface area contributed by atoms with E-state index in [1.165, 1.54) is 31.2 Å². The molecule has 2 aliphatic rings. The van der Waals surface area contributed by atoms with Crippen LogP contribution in [0.5, 0.6) is 23.0 Å². The first-order valence-electron chi connectivity index (χ1n) is 8.89. The molecule has 0 bridgehead atoms. The zero-order valence-electron chi connectivity index (χ0n) is 15.2. The molecule has 7 nitrogen and oxygen atoms in total. The first-order chi connectivity index (χ1) is 13.9. The Labute approximate surface area is 165 Å². The summed E-state index contributed by atoms with van der Waals surface area (Å²) in [5.41, 5.74) is 1.18. The Morgan fingerprint density at radius 3 is 2.07 bits per heavy atom. The fourth-order valence-electron chi connectivity index (χ4n) is 3.99. The summed E-state index contributed by atoms with van der Waals surface area (Å²) < 4.78 is 11.8. The summed E-state index contributed by atoms with van der Waals surface area (Å²) in [5, 5.41) is 22.5. The van der Waals surface area contributed by atoms with Crippen molar-refractivity contribution in [3.05, 3.63) is 76.9 Å². The second-order valence-corrected chi connectivity index (χ2v) is 6.98. The van der Waals surface area contributed by atoms with Gasteiger partial charge in [-0.25, -0.2) is 4.79 Å². The van der Waals surface area contributed by atoms with Crippen LogP contribution < -0.4 is 10.1 Å². The zero-order valence-corrected chi connectivity index (χ0v) is 15.2. The van der Waals surface area contributed by atoms with Crippen molar-refractivity contribution >= 4 is 17.6 Å². The maximum absolute atomic E-state index is 12.9. The molecule has 144 valence electrons. The van der Waals surface area contributed by atoms with Crippen molar-refractivity contribution in [1.82, 2.24) is 0 Å². The van der Waals surface area contributed by atoms with Crippen molar-refractivity contribution in [2.45, 2.75) is 12.5 Å². The molecule has 0 aromatic heterocycles. The second-order valence-electron chi connectivity index (χ2n) is 6.98. The highest BCUT2D eigenvalue weighted by atomic mass is 16.6.